The van der Waals surface area contributed by atoms with E-state index in [0.717, 1.165) is 0 Å². The first kappa shape index (κ1) is 8.85. The van der Waals surface area contributed by atoms with Crippen molar-refractivity contribution in [3.05, 3.63) is 0 Å². The minimum atomic E-state index is 0.134. The van der Waals surface area contributed by atoms with Crippen LogP contribution in [-0.4, -0.2) is 30.1 Å². The van der Waals surface area contributed by atoms with Crippen LogP contribution in [0, 0.1) is 0 Å². The molecule has 3 heteroatoms. The van der Waals surface area contributed by atoms with Gasteiger partial charge >= 0.3 is 6.03 Å². The maximum atomic E-state index is 11.6. The Morgan fingerprint density at radius 1 is 1.23 bits per heavy atom. The van der Waals surface area contributed by atoms with Crippen LogP contribution >= 0.6 is 0 Å². The van der Waals surface area contributed by atoms with Gasteiger partial charge in [-0.05, 0) is 25.7 Å². The van der Waals surface area contributed by atoms with E-state index >= 15 is 0 Å². The molecule has 2 rings (SSSR count). The second kappa shape index (κ2) is 3.56. The minimum Gasteiger partial charge on any atom is -0.335 e. The van der Waals surface area contributed by atoms with Crippen LogP contribution in [0.5, 0.6) is 0 Å². The van der Waals surface area contributed by atoms with Crippen LogP contribution in [0.1, 0.15) is 38.5 Å². The largest absolute Gasteiger partial charge is 0.335 e. The van der Waals surface area contributed by atoms with Gasteiger partial charge in [-0.1, -0.05) is 12.8 Å². The predicted molar refractivity (Wildman–Crippen MR) is 51.6 cm³/mol. The van der Waals surface area contributed by atoms with Crippen LogP contribution in [0.2, 0.25) is 0 Å². The maximum Gasteiger partial charge on any atom is 0.317 e. The Bertz CT molecular complexity index is 195. The quantitative estimate of drug-likeness (QED) is 0.693. The molecule has 0 radical (unpaired) electrons. The van der Waals surface area contributed by atoms with Gasteiger partial charge in [-0.2, -0.15) is 0 Å². The van der Waals surface area contributed by atoms with Gasteiger partial charge < -0.3 is 10.2 Å². The molecular weight excluding hydrogens is 164 g/mol. The lowest BCUT2D eigenvalue weighted by atomic mass is 10.2. The zero-order chi connectivity index (χ0) is 9.26. The minimum absolute atomic E-state index is 0.134. The average Bonchev–Trinajstić information content (AvgIpc) is 2.85. The number of hydrogen-bond acceptors (Lipinski definition) is 1. The van der Waals surface area contributed by atoms with Gasteiger partial charge in [-0.25, -0.2) is 4.79 Å². The molecule has 2 aliphatic carbocycles. The van der Waals surface area contributed by atoms with Gasteiger partial charge in [-0.15, -0.1) is 0 Å². The summed E-state index contributed by atoms with van der Waals surface area (Å²) in [5, 5.41) is 3.09. The normalized spacial score (nSPS) is 23.2. The molecule has 0 aromatic carbocycles. The summed E-state index contributed by atoms with van der Waals surface area (Å²) in [6.45, 7) is 0. The number of hydrogen-bond donors (Lipinski definition) is 1. The second-order valence-electron chi connectivity index (χ2n) is 4.27. The lowest BCUT2D eigenvalue weighted by molar-refractivity contribution is 0.202. The van der Waals surface area contributed by atoms with Crippen molar-refractivity contribution >= 4 is 6.03 Å². The average molecular weight is 182 g/mol. The molecule has 74 valence electrons. The zero-order valence-electron chi connectivity index (χ0n) is 8.25. The predicted octanol–water partition coefficient (Wildman–Crippen LogP) is 1.73. The SMILES string of the molecule is CN(C(=O)NC1CCCC1)C1CC1. The lowest BCUT2D eigenvalue weighted by Gasteiger charge is -2.20. The van der Waals surface area contributed by atoms with Gasteiger partial charge in [0.25, 0.3) is 0 Å². The molecule has 0 atom stereocenters. The van der Waals surface area contributed by atoms with Crippen molar-refractivity contribution in [1.29, 1.82) is 0 Å². The molecule has 0 bridgehead atoms. The molecule has 2 fully saturated rings. The van der Waals surface area contributed by atoms with Gasteiger partial charge in [0.2, 0.25) is 0 Å². The summed E-state index contributed by atoms with van der Waals surface area (Å²) in [5.41, 5.74) is 0. The first-order valence-electron chi connectivity index (χ1n) is 5.30. The number of carbonyl (C=O) groups excluding carboxylic acids is 1. The van der Waals surface area contributed by atoms with E-state index in [9.17, 15) is 4.79 Å². The fourth-order valence-corrected chi connectivity index (χ4v) is 1.97. The molecule has 0 spiro atoms. The molecule has 0 unspecified atom stereocenters. The molecule has 0 aliphatic heterocycles. The third-order valence-electron chi connectivity index (χ3n) is 3.10. The Hall–Kier alpha value is -0.730. The maximum absolute atomic E-state index is 11.6. The highest BCUT2D eigenvalue weighted by Crippen LogP contribution is 2.25. The first-order chi connectivity index (χ1) is 6.27. The molecule has 0 aromatic rings. The van der Waals surface area contributed by atoms with Crippen molar-refractivity contribution in [3.63, 3.8) is 0 Å². The smallest absolute Gasteiger partial charge is 0.317 e. The number of carbonyl (C=O) groups is 1. The first-order valence-corrected chi connectivity index (χ1v) is 5.30. The van der Waals surface area contributed by atoms with Gasteiger partial charge in [-0.3, -0.25) is 0 Å². The van der Waals surface area contributed by atoms with Crippen molar-refractivity contribution in [1.82, 2.24) is 10.2 Å². The lowest BCUT2D eigenvalue weighted by Crippen LogP contribution is -2.42. The van der Waals surface area contributed by atoms with Crippen LogP contribution in [0.3, 0.4) is 0 Å². The van der Waals surface area contributed by atoms with Gasteiger partial charge in [0.05, 0.1) is 0 Å². The summed E-state index contributed by atoms with van der Waals surface area (Å²) in [4.78, 5) is 13.5. The van der Waals surface area contributed by atoms with Gasteiger partial charge in [0.1, 0.15) is 0 Å². The Balaban J connectivity index is 1.76. The van der Waals surface area contributed by atoms with Gasteiger partial charge in [0, 0.05) is 19.1 Å². The number of rotatable bonds is 2. The van der Waals surface area contributed by atoms with Crippen LogP contribution < -0.4 is 5.32 Å². The summed E-state index contributed by atoms with van der Waals surface area (Å²) in [7, 11) is 1.90. The van der Waals surface area contributed by atoms with E-state index in [2.05, 4.69) is 5.32 Å². The Kier molecular flexibility index (Phi) is 2.42. The number of amides is 2. The molecular formula is C10H18N2O. The summed E-state index contributed by atoms with van der Waals surface area (Å²) >= 11 is 0. The van der Waals surface area contributed by atoms with E-state index in [0.29, 0.717) is 12.1 Å². The van der Waals surface area contributed by atoms with Crippen LogP contribution in [0.15, 0.2) is 0 Å². The summed E-state index contributed by atoms with van der Waals surface area (Å²) < 4.78 is 0. The molecule has 1 N–H and O–H groups in total. The highest BCUT2D eigenvalue weighted by molar-refractivity contribution is 5.74. The molecule has 2 saturated carbocycles. The van der Waals surface area contributed by atoms with Crippen LogP contribution in [-0.2, 0) is 0 Å². The van der Waals surface area contributed by atoms with Crippen molar-refractivity contribution in [2.45, 2.75) is 50.6 Å². The molecule has 2 aliphatic rings. The summed E-state index contributed by atoms with van der Waals surface area (Å²) in [6, 6.07) is 1.12. The highest BCUT2D eigenvalue weighted by atomic mass is 16.2. The standard InChI is InChI=1S/C10H18N2O/c1-12(9-6-7-9)10(13)11-8-4-2-3-5-8/h8-9H,2-7H2,1H3,(H,11,13). The van der Waals surface area contributed by atoms with Crippen molar-refractivity contribution < 1.29 is 4.79 Å². The zero-order valence-corrected chi connectivity index (χ0v) is 8.25. The van der Waals surface area contributed by atoms with E-state index < -0.39 is 0 Å². The third-order valence-corrected chi connectivity index (χ3v) is 3.10. The molecule has 0 aromatic heterocycles. The van der Waals surface area contributed by atoms with Crippen LogP contribution in [0.25, 0.3) is 0 Å². The monoisotopic (exact) mass is 182 g/mol. The fraction of sp³-hybridized carbons (Fsp3) is 0.900. The fourth-order valence-electron chi connectivity index (χ4n) is 1.97. The summed E-state index contributed by atoms with van der Waals surface area (Å²) in [5.74, 6) is 0. The molecule has 3 nitrogen and oxygen atoms in total. The van der Waals surface area contributed by atoms with Crippen molar-refractivity contribution in [2.24, 2.45) is 0 Å². The molecule has 0 heterocycles. The van der Waals surface area contributed by atoms with E-state index in [-0.39, 0.29) is 6.03 Å². The Morgan fingerprint density at radius 3 is 2.38 bits per heavy atom. The van der Waals surface area contributed by atoms with Crippen molar-refractivity contribution in [2.75, 3.05) is 7.05 Å². The van der Waals surface area contributed by atoms with E-state index in [1.54, 1.807) is 0 Å². The van der Waals surface area contributed by atoms with Crippen LogP contribution in [0.4, 0.5) is 4.79 Å². The van der Waals surface area contributed by atoms with E-state index in [1.165, 1.54) is 38.5 Å². The van der Waals surface area contributed by atoms with E-state index in [4.69, 9.17) is 0 Å². The summed E-state index contributed by atoms with van der Waals surface area (Å²) in [6.07, 6.45) is 7.27. The Morgan fingerprint density at radius 2 is 1.85 bits per heavy atom. The topological polar surface area (TPSA) is 32.3 Å². The third kappa shape index (κ3) is 2.14. The Labute approximate surface area is 79.5 Å². The van der Waals surface area contributed by atoms with E-state index in [1.807, 2.05) is 11.9 Å². The van der Waals surface area contributed by atoms with Gasteiger partial charge in [0.15, 0.2) is 0 Å². The highest BCUT2D eigenvalue weighted by Gasteiger charge is 2.30. The second-order valence-corrected chi connectivity index (χ2v) is 4.27. The molecule has 13 heavy (non-hydrogen) atoms. The van der Waals surface area contributed by atoms with Crippen molar-refractivity contribution in [3.8, 4) is 0 Å². The molecule has 2 amide bonds. The molecule has 0 saturated heterocycles. The number of nitrogens with one attached hydrogen (secondary N) is 1. The number of nitrogens with zero attached hydrogens (tertiary/aromatic N) is 1. The number of urea groups is 1.